The first kappa shape index (κ1) is 53.9. The number of rotatable bonds is 33. The molecule has 0 amide bonds. The summed E-state index contributed by atoms with van der Waals surface area (Å²) in [6, 6.07) is 37.3. The van der Waals surface area contributed by atoms with Crippen LogP contribution in [0.3, 0.4) is 0 Å². The molecule has 0 atom stereocenters. The molecule has 0 heterocycles. The smallest absolute Gasteiger partial charge is 0.234 e. The summed E-state index contributed by atoms with van der Waals surface area (Å²) in [6.07, 6.45) is 38.3. The monoisotopic (exact) mass is 843 g/mol. The Morgan fingerprint density at radius 1 is 0.435 bits per heavy atom. The van der Waals surface area contributed by atoms with Crippen molar-refractivity contribution in [3.05, 3.63) is 137 Å². The van der Waals surface area contributed by atoms with E-state index < -0.39 is 0 Å². The molecule has 0 aliphatic rings. The standard InChI is InChI=1S/C30H44O.C15H29NO.C13H13N/c1-2-3-4-5-6-7-8-9-10-11-12-13-17-24-30(31)26-29-23-19-18-22-28(29)25-27-20-15-14-16-21-27;1-2-3-4-5-6-7-8-9-10-11-12-13-14-16-15-17;14-13-9-5-4-8-12(13)10-11-6-2-1-3-7-11/h14-16,18-23H,2-13,17,24-26H2,1H3;2-14H2,1H3;1-9H,10,14H2. The number of nitrogens with two attached hydrogens (primary N) is 1. The van der Waals surface area contributed by atoms with Crippen molar-refractivity contribution in [3.8, 4) is 0 Å². The zero-order valence-corrected chi connectivity index (χ0v) is 39.4. The highest BCUT2D eigenvalue weighted by atomic mass is 16.1. The number of carbonyl (C=O) groups is 1. The Labute approximate surface area is 380 Å². The van der Waals surface area contributed by atoms with Gasteiger partial charge in [0, 0.05) is 18.5 Å². The van der Waals surface area contributed by atoms with Crippen molar-refractivity contribution in [3.63, 3.8) is 0 Å². The number of nitrogen functional groups attached to an aromatic ring is 1. The third-order valence-electron chi connectivity index (χ3n) is 11.8. The van der Waals surface area contributed by atoms with Crippen LogP contribution in [0.1, 0.15) is 209 Å². The van der Waals surface area contributed by atoms with Crippen LogP contribution >= 0.6 is 0 Å². The van der Waals surface area contributed by atoms with Crippen molar-refractivity contribution >= 4 is 17.6 Å². The van der Waals surface area contributed by atoms with Gasteiger partial charge in [0.2, 0.25) is 6.08 Å². The summed E-state index contributed by atoms with van der Waals surface area (Å²) < 4.78 is 0. The summed E-state index contributed by atoms with van der Waals surface area (Å²) in [5.74, 6) is 0.392. The molecule has 4 nitrogen and oxygen atoms in total. The van der Waals surface area contributed by atoms with E-state index in [1.54, 1.807) is 6.08 Å². The van der Waals surface area contributed by atoms with Crippen molar-refractivity contribution in [2.75, 3.05) is 12.3 Å². The summed E-state index contributed by atoms with van der Waals surface area (Å²) in [6.45, 7) is 5.21. The molecule has 0 aliphatic carbocycles. The Morgan fingerprint density at radius 2 is 0.790 bits per heavy atom. The van der Waals surface area contributed by atoms with Crippen LogP contribution in [0.5, 0.6) is 0 Å². The van der Waals surface area contributed by atoms with E-state index in [0.29, 0.717) is 18.7 Å². The van der Waals surface area contributed by atoms with Gasteiger partial charge in [-0.2, -0.15) is 0 Å². The molecule has 4 aromatic carbocycles. The van der Waals surface area contributed by atoms with E-state index in [9.17, 15) is 9.59 Å². The first-order valence-corrected chi connectivity index (χ1v) is 25.1. The molecule has 0 spiro atoms. The maximum absolute atomic E-state index is 12.5. The Bertz CT molecular complexity index is 1660. The van der Waals surface area contributed by atoms with Gasteiger partial charge >= 0.3 is 0 Å². The van der Waals surface area contributed by atoms with E-state index in [1.165, 1.54) is 175 Å². The van der Waals surface area contributed by atoms with Crippen LogP contribution in [0.2, 0.25) is 0 Å². The fourth-order valence-electron chi connectivity index (χ4n) is 7.95. The number of para-hydroxylation sites is 1. The molecule has 340 valence electrons. The fourth-order valence-corrected chi connectivity index (χ4v) is 7.95. The molecule has 0 saturated carbocycles. The molecule has 0 unspecified atom stereocenters. The highest BCUT2D eigenvalue weighted by Crippen LogP contribution is 2.19. The Hall–Kier alpha value is -4.27. The van der Waals surface area contributed by atoms with E-state index in [4.69, 9.17) is 5.73 Å². The van der Waals surface area contributed by atoms with Crippen LogP contribution in [0.15, 0.2) is 114 Å². The molecular formula is C58H86N2O2. The third-order valence-corrected chi connectivity index (χ3v) is 11.8. The van der Waals surface area contributed by atoms with Gasteiger partial charge in [-0.1, -0.05) is 265 Å². The second-order valence-corrected chi connectivity index (χ2v) is 17.4. The van der Waals surface area contributed by atoms with Crippen LogP contribution in [0.4, 0.5) is 5.69 Å². The van der Waals surface area contributed by atoms with Crippen LogP contribution in [-0.4, -0.2) is 18.4 Å². The van der Waals surface area contributed by atoms with Crippen LogP contribution in [-0.2, 0) is 28.9 Å². The molecular weight excluding hydrogens is 757 g/mol. The van der Waals surface area contributed by atoms with Crippen molar-refractivity contribution in [1.82, 2.24) is 0 Å². The molecule has 0 aliphatic heterocycles. The predicted molar refractivity (Wildman–Crippen MR) is 269 cm³/mol. The summed E-state index contributed by atoms with van der Waals surface area (Å²) in [4.78, 5) is 25.9. The summed E-state index contributed by atoms with van der Waals surface area (Å²) >= 11 is 0. The average Bonchev–Trinajstić information content (AvgIpc) is 3.29. The molecule has 0 saturated heterocycles. The third kappa shape index (κ3) is 29.9. The molecule has 0 aromatic heterocycles. The normalized spacial score (nSPS) is 10.5. The number of hydrogen-bond acceptors (Lipinski definition) is 4. The maximum atomic E-state index is 12.5. The number of hydrogen-bond donors (Lipinski definition) is 1. The minimum atomic E-state index is 0.392. The van der Waals surface area contributed by atoms with Gasteiger partial charge in [-0.15, -0.1) is 0 Å². The van der Waals surface area contributed by atoms with Crippen molar-refractivity contribution < 1.29 is 9.59 Å². The number of isocyanates is 1. The first-order chi connectivity index (χ1) is 30.6. The molecule has 2 N–H and O–H groups in total. The highest BCUT2D eigenvalue weighted by molar-refractivity contribution is 5.81. The quantitative estimate of drug-likeness (QED) is 0.0225. The van der Waals surface area contributed by atoms with Crippen LogP contribution in [0.25, 0.3) is 0 Å². The molecule has 0 radical (unpaired) electrons. The topological polar surface area (TPSA) is 72.5 Å². The van der Waals surface area contributed by atoms with Crippen LogP contribution in [0, 0.1) is 0 Å². The largest absolute Gasteiger partial charge is 0.398 e. The predicted octanol–water partition coefficient (Wildman–Crippen LogP) is 16.8. The van der Waals surface area contributed by atoms with Gasteiger partial charge in [-0.05, 0) is 59.6 Å². The van der Waals surface area contributed by atoms with Gasteiger partial charge in [-0.3, -0.25) is 4.79 Å². The van der Waals surface area contributed by atoms with Crippen molar-refractivity contribution in [2.24, 2.45) is 4.99 Å². The zero-order chi connectivity index (χ0) is 44.4. The number of ketones is 1. The summed E-state index contributed by atoms with van der Waals surface area (Å²) in [5, 5.41) is 0. The van der Waals surface area contributed by atoms with Gasteiger partial charge in [-0.25, -0.2) is 9.79 Å². The lowest BCUT2D eigenvalue weighted by molar-refractivity contribution is -0.118. The molecule has 0 bridgehead atoms. The Balaban J connectivity index is 0.000000357. The van der Waals surface area contributed by atoms with E-state index in [1.807, 2.05) is 24.3 Å². The molecule has 4 rings (SSSR count). The summed E-state index contributed by atoms with van der Waals surface area (Å²) in [7, 11) is 0. The van der Waals surface area contributed by atoms with Gasteiger partial charge in [0.1, 0.15) is 5.78 Å². The minimum absolute atomic E-state index is 0.392. The fraction of sp³-hybridized carbons (Fsp3) is 0.552. The number of benzene rings is 4. The lowest BCUT2D eigenvalue weighted by Gasteiger charge is -2.09. The number of Topliss-reactive ketones (excluding diaryl/α,β-unsaturated/α-hetero) is 1. The second kappa shape index (κ2) is 39.6. The van der Waals surface area contributed by atoms with Crippen molar-refractivity contribution in [2.45, 2.75) is 200 Å². The number of aliphatic imine (C=N–C) groups is 1. The van der Waals surface area contributed by atoms with Gasteiger partial charge < -0.3 is 5.73 Å². The number of anilines is 1. The maximum Gasteiger partial charge on any atom is 0.234 e. The van der Waals surface area contributed by atoms with Gasteiger partial charge in [0.05, 0.1) is 6.54 Å². The van der Waals surface area contributed by atoms with E-state index in [-0.39, 0.29) is 0 Å². The molecule has 62 heavy (non-hydrogen) atoms. The Morgan fingerprint density at radius 3 is 1.23 bits per heavy atom. The van der Waals surface area contributed by atoms with E-state index >= 15 is 0 Å². The molecule has 4 heteroatoms. The first-order valence-electron chi connectivity index (χ1n) is 25.1. The lowest BCUT2D eigenvalue weighted by Crippen LogP contribution is -2.05. The summed E-state index contributed by atoms with van der Waals surface area (Å²) in [5.41, 5.74) is 13.0. The second-order valence-electron chi connectivity index (χ2n) is 17.4. The average molecular weight is 843 g/mol. The van der Waals surface area contributed by atoms with Crippen LogP contribution < -0.4 is 5.73 Å². The number of carbonyl (C=O) groups excluding carboxylic acids is 2. The SMILES string of the molecule is CCCCCCCCCCCCCCCC(=O)Cc1ccccc1Cc1ccccc1.CCCCCCCCCCCCCCN=C=O.Nc1ccccc1Cc1ccccc1. The van der Waals surface area contributed by atoms with E-state index in [0.717, 1.165) is 37.8 Å². The minimum Gasteiger partial charge on any atom is -0.398 e. The molecule has 4 aromatic rings. The van der Waals surface area contributed by atoms with Gasteiger partial charge in [0.15, 0.2) is 0 Å². The zero-order valence-electron chi connectivity index (χ0n) is 39.4. The number of unbranched alkanes of at least 4 members (excludes halogenated alkanes) is 23. The molecule has 0 fully saturated rings. The van der Waals surface area contributed by atoms with Gasteiger partial charge in [0.25, 0.3) is 0 Å². The van der Waals surface area contributed by atoms with E-state index in [2.05, 4.69) is 104 Å². The lowest BCUT2D eigenvalue weighted by atomic mass is 9.95. The number of nitrogens with zero attached hydrogens (tertiary/aromatic N) is 1. The Kier molecular flexibility index (Phi) is 34.4. The van der Waals surface area contributed by atoms with Crippen molar-refractivity contribution in [1.29, 1.82) is 0 Å². The highest BCUT2D eigenvalue weighted by Gasteiger charge is 2.09.